The highest BCUT2D eigenvalue weighted by atomic mass is 32.1. The fourth-order valence-electron chi connectivity index (χ4n) is 1.39. The van der Waals surface area contributed by atoms with Gasteiger partial charge >= 0.3 is 0 Å². The maximum atomic E-state index is 11.1. The minimum atomic E-state index is 0.0181. The molecule has 0 fully saturated rings. The van der Waals surface area contributed by atoms with Gasteiger partial charge in [-0.15, -0.1) is 0 Å². The van der Waals surface area contributed by atoms with Crippen molar-refractivity contribution in [2.75, 3.05) is 25.0 Å². The number of nitrogens with zero attached hydrogens (tertiary/aromatic N) is 1. The monoisotopic (exact) mass is 198 g/mol. The van der Waals surface area contributed by atoms with Crippen LogP contribution in [0.25, 0.3) is 0 Å². The van der Waals surface area contributed by atoms with Crippen LogP contribution in [-0.4, -0.2) is 20.1 Å². The van der Waals surface area contributed by atoms with Gasteiger partial charge < -0.3 is 10.6 Å². The number of anilines is 1. The van der Waals surface area contributed by atoms with Gasteiger partial charge in [0.25, 0.3) is 0 Å². The van der Waals surface area contributed by atoms with Crippen molar-refractivity contribution in [1.29, 1.82) is 0 Å². The fraction of sp³-hybridized carbons (Fsp3) is 0.556. The SMILES string of the molecule is Cc1c(N(C)CCCN)c(=S)c1=O. The largest absolute Gasteiger partial charge is 0.373 e. The van der Waals surface area contributed by atoms with Crippen LogP contribution in [0.2, 0.25) is 0 Å². The summed E-state index contributed by atoms with van der Waals surface area (Å²) < 4.78 is 0.469. The molecule has 1 aromatic carbocycles. The molecule has 0 radical (unpaired) electrons. The molecule has 0 aliphatic carbocycles. The Morgan fingerprint density at radius 1 is 1.54 bits per heavy atom. The summed E-state index contributed by atoms with van der Waals surface area (Å²) in [6.45, 7) is 3.33. The first kappa shape index (κ1) is 10.3. The van der Waals surface area contributed by atoms with E-state index in [0.29, 0.717) is 11.1 Å². The Balaban J connectivity index is 2.74. The molecule has 1 rings (SSSR count). The zero-order valence-electron chi connectivity index (χ0n) is 7.96. The van der Waals surface area contributed by atoms with Crippen molar-refractivity contribution in [2.24, 2.45) is 5.73 Å². The Morgan fingerprint density at radius 2 is 2.15 bits per heavy atom. The molecule has 2 N–H and O–H groups in total. The van der Waals surface area contributed by atoms with Crippen molar-refractivity contribution >= 4 is 17.9 Å². The Hall–Kier alpha value is -0.740. The molecule has 0 bridgehead atoms. The lowest BCUT2D eigenvalue weighted by Crippen LogP contribution is -2.28. The highest BCUT2D eigenvalue weighted by molar-refractivity contribution is 7.71. The lowest BCUT2D eigenvalue weighted by molar-refractivity contribution is 0.789. The third-order valence-corrected chi connectivity index (χ3v) is 2.58. The number of nitrogens with two attached hydrogens (primary N) is 1. The summed E-state index contributed by atoms with van der Waals surface area (Å²) in [5.74, 6) is 0. The number of hydrogen-bond acceptors (Lipinski definition) is 4. The molecule has 0 spiro atoms. The summed E-state index contributed by atoms with van der Waals surface area (Å²) in [7, 11) is 1.94. The van der Waals surface area contributed by atoms with Crippen molar-refractivity contribution < 1.29 is 0 Å². The van der Waals surface area contributed by atoms with Gasteiger partial charge in [0.1, 0.15) is 4.51 Å². The quantitative estimate of drug-likeness (QED) is 0.725. The van der Waals surface area contributed by atoms with Crippen LogP contribution < -0.4 is 16.1 Å². The van der Waals surface area contributed by atoms with E-state index in [1.54, 1.807) is 0 Å². The van der Waals surface area contributed by atoms with Crippen LogP contribution in [0.4, 0.5) is 5.69 Å². The van der Waals surface area contributed by atoms with Gasteiger partial charge in [0.15, 0.2) is 0 Å². The van der Waals surface area contributed by atoms with Gasteiger partial charge in [-0.1, -0.05) is 12.2 Å². The standard InChI is InChI=1S/C9H14N2OS/c1-6-7(9(13)8(6)12)11(2)5-3-4-10/h3-5,10H2,1-2H3. The summed E-state index contributed by atoms with van der Waals surface area (Å²) in [5.41, 5.74) is 7.12. The minimum absolute atomic E-state index is 0.0181. The van der Waals surface area contributed by atoms with E-state index in [0.717, 1.165) is 24.2 Å². The number of hydrogen-bond donors (Lipinski definition) is 1. The first-order valence-electron chi connectivity index (χ1n) is 4.30. The molecule has 0 heterocycles. The summed E-state index contributed by atoms with van der Waals surface area (Å²) >= 11 is 4.95. The molecule has 0 aliphatic rings. The van der Waals surface area contributed by atoms with Gasteiger partial charge in [-0.2, -0.15) is 0 Å². The van der Waals surface area contributed by atoms with E-state index in [1.165, 1.54) is 0 Å². The maximum Gasteiger partial charge on any atom is 0.203 e. The molecule has 3 nitrogen and oxygen atoms in total. The summed E-state index contributed by atoms with van der Waals surface area (Å²) in [5, 5.41) is 0. The van der Waals surface area contributed by atoms with Gasteiger partial charge in [0, 0.05) is 19.2 Å². The van der Waals surface area contributed by atoms with Gasteiger partial charge in [-0.25, -0.2) is 0 Å². The smallest absolute Gasteiger partial charge is 0.203 e. The van der Waals surface area contributed by atoms with Crippen LogP contribution >= 0.6 is 12.2 Å². The third-order valence-electron chi connectivity index (χ3n) is 2.20. The van der Waals surface area contributed by atoms with E-state index < -0.39 is 0 Å². The van der Waals surface area contributed by atoms with Crippen LogP contribution in [0.3, 0.4) is 0 Å². The van der Waals surface area contributed by atoms with Gasteiger partial charge in [-0.05, 0) is 19.9 Å². The second-order valence-corrected chi connectivity index (χ2v) is 3.60. The zero-order chi connectivity index (χ0) is 10.0. The first-order chi connectivity index (χ1) is 6.09. The van der Waals surface area contributed by atoms with Crippen molar-refractivity contribution in [1.82, 2.24) is 0 Å². The van der Waals surface area contributed by atoms with Gasteiger partial charge in [0.05, 0.1) is 5.69 Å². The lowest BCUT2D eigenvalue weighted by atomic mass is 10.1. The van der Waals surface area contributed by atoms with Crippen LogP contribution in [0, 0.1) is 11.4 Å². The highest BCUT2D eigenvalue weighted by Gasteiger charge is 2.16. The van der Waals surface area contributed by atoms with E-state index in [-0.39, 0.29) is 5.43 Å². The van der Waals surface area contributed by atoms with Crippen LogP contribution in [0.5, 0.6) is 0 Å². The molecule has 0 saturated carbocycles. The zero-order valence-corrected chi connectivity index (χ0v) is 8.78. The average Bonchev–Trinajstić information content (AvgIpc) is 2.14. The molecule has 0 aromatic heterocycles. The molecule has 0 atom stereocenters. The van der Waals surface area contributed by atoms with Crippen molar-refractivity contribution in [3.63, 3.8) is 0 Å². The van der Waals surface area contributed by atoms with Crippen molar-refractivity contribution in [2.45, 2.75) is 13.3 Å². The van der Waals surface area contributed by atoms with Crippen molar-refractivity contribution in [3.8, 4) is 0 Å². The van der Waals surface area contributed by atoms with Gasteiger partial charge in [-0.3, -0.25) is 4.79 Å². The topological polar surface area (TPSA) is 46.3 Å². The predicted octanol–water partition coefficient (Wildman–Crippen LogP) is 0.745. The molecule has 72 valence electrons. The molecular formula is C9H14N2OS. The maximum absolute atomic E-state index is 11.1. The Kier molecular flexibility index (Phi) is 3.17. The van der Waals surface area contributed by atoms with E-state index in [4.69, 9.17) is 18.0 Å². The second-order valence-electron chi connectivity index (χ2n) is 3.20. The van der Waals surface area contributed by atoms with E-state index in [2.05, 4.69) is 0 Å². The fourth-order valence-corrected chi connectivity index (χ4v) is 1.86. The summed E-state index contributed by atoms with van der Waals surface area (Å²) in [6.07, 6.45) is 0.921. The van der Waals surface area contributed by atoms with Crippen LogP contribution in [0.15, 0.2) is 4.79 Å². The Morgan fingerprint density at radius 3 is 2.62 bits per heavy atom. The average molecular weight is 198 g/mol. The third kappa shape index (κ3) is 1.78. The van der Waals surface area contributed by atoms with E-state index in [1.807, 2.05) is 18.9 Å². The van der Waals surface area contributed by atoms with Crippen LogP contribution in [0.1, 0.15) is 12.0 Å². The molecule has 1 aromatic rings. The second kappa shape index (κ2) is 3.98. The van der Waals surface area contributed by atoms with Gasteiger partial charge in [0.2, 0.25) is 5.43 Å². The molecule has 0 unspecified atom stereocenters. The normalized spacial score (nSPS) is 10.7. The van der Waals surface area contributed by atoms with E-state index in [9.17, 15) is 4.79 Å². The summed E-state index contributed by atoms with van der Waals surface area (Å²) in [4.78, 5) is 13.1. The molecule has 4 heteroatoms. The minimum Gasteiger partial charge on any atom is -0.373 e. The predicted molar refractivity (Wildman–Crippen MR) is 57.6 cm³/mol. The Bertz CT molecular complexity index is 365. The highest BCUT2D eigenvalue weighted by Crippen LogP contribution is 2.19. The lowest BCUT2D eigenvalue weighted by Gasteiger charge is -2.22. The summed E-state index contributed by atoms with van der Waals surface area (Å²) in [6, 6.07) is 0. The molecule has 0 amide bonds. The first-order valence-corrected chi connectivity index (χ1v) is 4.71. The number of rotatable bonds is 4. The van der Waals surface area contributed by atoms with E-state index >= 15 is 0 Å². The Labute approximate surface area is 82.9 Å². The molecule has 13 heavy (non-hydrogen) atoms. The van der Waals surface area contributed by atoms with Crippen LogP contribution in [-0.2, 0) is 0 Å². The molecule has 0 aliphatic heterocycles. The molecule has 0 saturated heterocycles. The molecular weight excluding hydrogens is 184 g/mol. The van der Waals surface area contributed by atoms with Crippen molar-refractivity contribution in [3.05, 3.63) is 20.3 Å².